The van der Waals surface area contributed by atoms with Crippen molar-refractivity contribution in [2.45, 2.75) is 71.6 Å². The second-order valence-electron chi connectivity index (χ2n) is 10.8. The summed E-state index contributed by atoms with van der Waals surface area (Å²) in [7, 11) is 0. The number of nitrogens with one attached hydrogen (secondary N) is 1. The van der Waals surface area contributed by atoms with Gasteiger partial charge in [0.1, 0.15) is 18.1 Å². The van der Waals surface area contributed by atoms with Crippen LogP contribution in [0.25, 0.3) is 11.1 Å². The largest absolute Gasteiger partial charge is 0.493 e. The quantitative estimate of drug-likeness (QED) is 0.276. The molecule has 3 aromatic carbocycles. The van der Waals surface area contributed by atoms with Gasteiger partial charge in [-0.15, -0.1) is 4.74 Å². The average Bonchev–Trinajstić information content (AvgIpc) is 3.48. The van der Waals surface area contributed by atoms with Gasteiger partial charge in [0.15, 0.2) is 0 Å². The highest BCUT2D eigenvalue weighted by Gasteiger charge is 2.30. The fraction of sp³-hybridized carbons (Fsp3) is 0.375. The maximum Gasteiger partial charge on any atom is 0.440 e. The van der Waals surface area contributed by atoms with Crippen molar-refractivity contribution in [3.8, 4) is 22.6 Å². The molecule has 0 amide bonds. The molecule has 1 fully saturated rings. The molecule has 0 bridgehead atoms. The molecule has 40 heavy (non-hydrogen) atoms. The van der Waals surface area contributed by atoms with Gasteiger partial charge >= 0.3 is 11.4 Å². The molecule has 1 heterocycles. The van der Waals surface area contributed by atoms with Crippen LogP contribution in [0, 0.1) is 20.8 Å². The Kier molecular flexibility index (Phi) is 7.98. The van der Waals surface area contributed by atoms with E-state index in [4.69, 9.17) is 14.0 Å². The van der Waals surface area contributed by atoms with Crippen LogP contribution in [0.4, 0.5) is 0 Å². The highest BCUT2D eigenvalue weighted by Crippen LogP contribution is 2.35. The summed E-state index contributed by atoms with van der Waals surface area (Å²) in [5, 5.41) is 10.6. The molecule has 1 aliphatic carbocycles. The Hall–Kier alpha value is -4.04. The topological polar surface area (TPSA) is 107 Å². The summed E-state index contributed by atoms with van der Waals surface area (Å²) in [5.41, 5.74) is 6.56. The maximum atomic E-state index is 11.7. The van der Waals surface area contributed by atoms with Crippen LogP contribution in [0.1, 0.15) is 59.9 Å². The first-order valence-corrected chi connectivity index (χ1v) is 13.8. The van der Waals surface area contributed by atoms with E-state index in [9.17, 15) is 14.7 Å². The van der Waals surface area contributed by atoms with Crippen LogP contribution >= 0.6 is 0 Å². The predicted molar refractivity (Wildman–Crippen MR) is 153 cm³/mol. The van der Waals surface area contributed by atoms with Crippen molar-refractivity contribution >= 4 is 0 Å². The van der Waals surface area contributed by atoms with Gasteiger partial charge in [-0.25, -0.2) is 14.6 Å². The van der Waals surface area contributed by atoms with Crippen molar-refractivity contribution < 1.29 is 19.1 Å². The number of aromatic amines is 1. The average molecular weight is 545 g/mol. The number of aryl methyl sites for hydroxylation is 2. The van der Waals surface area contributed by atoms with Gasteiger partial charge in [-0.2, -0.15) is 0 Å². The van der Waals surface area contributed by atoms with E-state index in [1.807, 2.05) is 24.3 Å². The molecule has 1 saturated carbocycles. The lowest BCUT2D eigenvalue weighted by Crippen LogP contribution is -2.26. The van der Waals surface area contributed by atoms with Gasteiger partial charge in [0.25, 0.3) is 0 Å². The monoisotopic (exact) mass is 544 g/mol. The lowest BCUT2D eigenvalue weighted by molar-refractivity contribution is 0.0257. The first-order valence-electron chi connectivity index (χ1n) is 13.8. The zero-order valence-corrected chi connectivity index (χ0v) is 23.3. The fourth-order valence-electron chi connectivity index (χ4n) is 5.62. The highest BCUT2D eigenvalue weighted by molar-refractivity contribution is 5.75. The second kappa shape index (κ2) is 11.6. The summed E-state index contributed by atoms with van der Waals surface area (Å²) in [5.74, 6) is 0.768. The van der Waals surface area contributed by atoms with E-state index >= 15 is 0 Å². The molecule has 0 spiro atoms. The number of nitrogens with zero attached hydrogens (tertiary/aromatic N) is 1. The Morgan fingerprint density at radius 3 is 2.30 bits per heavy atom. The third kappa shape index (κ3) is 6.23. The molecule has 4 aromatic rings. The molecule has 0 unspecified atom stereocenters. The van der Waals surface area contributed by atoms with Gasteiger partial charge in [-0.05, 0) is 96.8 Å². The fourth-order valence-corrected chi connectivity index (χ4v) is 5.62. The third-order valence-electron chi connectivity index (χ3n) is 7.86. The molecule has 0 saturated heterocycles. The summed E-state index contributed by atoms with van der Waals surface area (Å²) in [4.78, 5) is 24.9. The molecule has 1 aliphatic rings. The van der Waals surface area contributed by atoms with Crippen molar-refractivity contribution in [2.24, 2.45) is 0 Å². The van der Waals surface area contributed by atoms with Gasteiger partial charge in [-0.3, -0.25) is 0 Å². The molecular formula is C32H36N2O6. The minimum atomic E-state index is -0.771. The molecule has 0 aliphatic heterocycles. The summed E-state index contributed by atoms with van der Waals surface area (Å²) in [6, 6.07) is 17.8. The number of aromatic nitrogens is 2. The maximum absolute atomic E-state index is 11.7. The van der Waals surface area contributed by atoms with E-state index in [1.54, 1.807) is 0 Å². The van der Waals surface area contributed by atoms with Crippen LogP contribution in [0.15, 0.2) is 68.7 Å². The Labute approximate surface area is 233 Å². The van der Waals surface area contributed by atoms with Crippen LogP contribution in [0.2, 0.25) is 0 Å². The van der Waals surface area contributed by atoms with Crippen LogP contribution in [0.3, 0.4) is 0 Å². The van der Waals surface area contributed by atoms with Crippen molar-refractivity contribution in [3.63, 3.8) is 0 Å². The van der Waals surface area contributed by atoms with E-state index < -0.39 is 17.0 Å². The van der Waals surface area contributed by atoms with E-state index in [0.717, 1.165) is 69.6 Å². The number of aliphatic hydroxyl groups is 1. The van der Waals surface area contributed by atoms with Gasteiger partial charge in [0.05, 0.1) is 18.8 Å². The van der Waals surface area contributed by atoms with Crippen molar-refractivity contribution in [2.75, 3.05) is 6.61 Å². The van der Waals surface area contributed by atoms with Crippen molar-refractivity contribution in [1.29, 1.82) is 0 Å². The normalized spacial score (nSPS) is 14.4. The molecule has 210 valence electrons. The van der Waals surface area contributed by atoms with E-state index in [0.29, 0.717) is 25.4 Å². The van der Waals surface area contributed by atoms with Gasteiger partial charge < -0.3 is 19.1 Å². The van der Waals surface area contributed by atoms with Crippen LogP contribution < -0.4 is 20.9 Å². The summed E-state index contributed by atoms with van der Waals surface area (Å²) in [6.07, 6.45) is 4.60. The number of hydrogen-bond acceptors (Lipinski definition) is 6. The molecule has 8 heteroatoms. The molecular weight excluding hydrogens is 508 g/mol. The first-order chi connectivity index (χ1) is 19.2. The standard InChI is InChI=1S/C32H36N2O6/c1-21-17-27(38-16-15-32(37)13-4-5-14-32)18-22(2)29(21)28-8-6-7-25(23(28)3)20-39-26-11-9-24(10-12-26)19-34-30(35)33-31(36)40-34/h6-12,17-18,37H,4-5,13-16,19-20H2,1-3H3,(H,33,35,36). The number of H-pyrrole nitrogens is 1. The Morgan fingerprint density at radius 1 is 0.950 bits per heavy atom. The molecule has 2 N–H and O–H groups in total. The number of ether oxygens (including phenoxy) is 2. The van der Waals surface area contributed by atoms with E-state index in [2.05, 4.69) is 56.1 Å². The second-order valence-corrected chi connectivity index (χ2v) is 10.8. The first kappa shape index (κ1) is 27.5. The highest BCUT2D eigenvalue weighted by atomic mass is 16.5. The summed E-state index contributed by atoms with van der Waals surface area (Å²) in [6.45, 7) is 7.41. The molecule has 5 rings (SSSR count). The zero-order valence-electron chi connectivity index (χ0n) is 23.3. The SMILES string of the molecule is Cc1cc(OCCC2(O)CCCC2)cc(C)c1-c1cccc(COc2ccc(Cn3oc(=O)[nH]c3=O)cc2)c1C. The van der Waals surface area contributed by atoms with Crippen molar-refractivity contribution in [1.82, 2.24) is 9.72 Å². The molecule has 8 nitrogen and oxygen atoms in total. The number of hydrogen-bond donors (Lipinski definition) is 2. The minimum absolute atomic E-state index is 0.156. The van der Waals surface area contributed by atoms with Gasteiger partial charge in [-0.1, -0.05) is 43.2 Å². The lowest BCUT2D eigenvalue weighted by Gasteiger charge is -2.22. The smallest absolute Gasteiger partial charge is 0.440 e. The third-order valence-corrected chi connectivity index (χ3v) is 7.86. The molecule has 1 aromatic heterocycles. The number of benzene rings is 3. The predicted octanol–water partition coefficient (Wildman–Crippen LogP) is 5.42. The Balaban J connectivity index is 1.24. The van der Waals surface area contributed by atoms with Gasteiger partial charge in [0, 0.05) is 6.42 Å². The van der Waals surface area contributed by atoms with E-state index in [-0.39, 0.29) is 6.54 Å². The Morgan fingerprint density at radius 2 is 1.65 bits per heavy atom. The zero-order chi connectivity index (χ0) is 28.3. The molecule has 0 radical (unpaired) electrons. The Bertz CT molecular complexity index is 1570. The minimum Gasteiger partial charge on any atom is -0.493 e. The van der Waals surface area contributed by atoms with E-state index in [1.165, 1.54) is 5.56 Å². The van der Waals surface area contributed by atoms with Crippen LogP contribution in [-0.2, 0) is 13.2 Å². The van der Waals surface area contributed by atoms with Crippen LogP contribution in [0.5, 0.6) is 11.5 Å². The lowest BCUT2D eigenvalue weighted by atomic mass is 9.90. The van der Waals surface area contributed by atoms with Gasteiger partial charge in [0.2, 0.25) is 0 Å². The summed E-state index contributed by atoms with van der Waals surface area (Å²) >= 11 is 0. The van der Waals surface area contributed by atoms with Crippen molar-refractivity contribution in [3.05, 3.63) is 103 Å². The molecule has 0 atom stereocenters. The van der Waals surface area contributed by atoms with Crippen LogP contribution in [-0.4, -0.2) is 27.0 Å². The number of rotatable bonds is 10. The summed E-state index contributed by atoms with van der Waals surface area (Å²) < 4.78 is 17.9.